The minimum absolute atomic E-state index is 0.0141. The van der Waals surface area contributed by atoms with Crippen molar-refractivity contribution < 1.29 is 14.3 Å². The van der Waals surface area contributed by atoms with E-state index in [0.29, 0.717) is 44.2 Å². The molecule has 3 rings (SSSR count). The molecule has 7 heteroatoms. The third-order valence-electron chi connectivity index (χ3n) is 3.50. The van der Waals surface area contributed by atoms with Crippen LogP contribution >= 0.6 is 11.7 Å². The van der Waals surface area contributed by atoms with E-state index in [1.165, 1.54) is 11.7 Å². The zero-order valence-corrected chi connectivity index (χ0v) is 13.1. The summed E-state index contributed by atoms with van der Waals surface area (Å²) < 4.78 is 19.3. The van der Waals surface area contributed by atoms with Crippen LogP contribution in [0.2, 0.25) is 0 Å². The fourth-order valence-corrected chi connectivity index (χ4v) is 2.75. The molecule has 1 aliphatic heterocycles. The summed E-state index contributed by atoms with van der Waals surface area (Å²) >= 11 is 1.18. The highest BCUT2D eigenvalue weighted by Gasteiger charge is 2.18. The van der Waals surface area contributed by atoms with Gasteiger partial charge < -0.3 is 14.4 Å². The second-order valence-corrected chi connectivity index (χ2v) is 5.55. The van der Waals surface area contributed by atoms with Gasteiger partial charge in [-0.3, -0.25) is 4.79 Å². The normalized spacial score (nSPS) is 14.9. The smallest absolute Gasteiger partial charge is 0.254 e. The van der Waals surface area contributed by atoms with Gasteiger partial charge in [0.05, 0.1) is 30.6 Å². The molecule has 116 valence electrons. The van der Waals surface area contributed by atoms with E-state index in [1.807, 2.05) is 19.1 Å². The topological polar surface area (TPSA) is 64.6 Å². The molecule has 0 bridgehead atoms. The van der Waals surface area contributed by atoms with Crippen LogP contribution in [0.1, 0.15) is 21.7 Å². The molecular weight excluding hydrogens is 302 g/mol. The Morgan fingerprint density at radius 1 is 1.36 bits per heavy atom. The molecule has 0 saturated carbocycles. The number of carbonyl (C=O) groups is 1. The van der Waals surface area contributed by atoms with Crippen LogP contribution in [0.25, 0.3) is 0 Å². The first-order valence-corrected chi connectivity index (χ1v) is 7.85. The molecule has 1 saturated heterocycles. The van der Waals surface area contributed by atoms with Crippen molar-refractivity contribution in [3.63, 3.8) is 0 Å². The van der Waals surface area contributed by atoms with Gasteiger partial charge in [-0.25, -0.2) is 0 Å². The molecule has 0 radical (unpaired) electrons. The number of hydrogen-bond donors (Lipinski definition) is 0. The van der Waals surface area contributed by atoms with Crippen molar-refractivity contribution in [1.82, 2.24) is 13.6 Å². The van der Waals surface area contributed by atoms with Gasteiger partial charge in [0, 0.05) is 18.7 Å². The lowest BCUT2D eigenvalue weighted by Crippen LogP contribution is -2.40. The SMILES string of the molecule is Cc1nsnc1COc1cccc(C(=O)N2CCOCC2)c1. The van der Waals surface area contributed by atoms with Gasteiger partial charge in [0.2, 0.25) is 0 Å². The third kappa shape index (κ3) is 3.42. The van der Waals surface area contributed by atoms with Crippen molar-refractivity contribution in [3.05, 3.63) is 41.2 Å². The van der Waals surface area contributed by atoms with E-state index in [1.54, 1.807) is 17.0 Å². The van der Waals surface area contributed by atoms with Gasteiger partial charge in [0.25, 0.3) is 5.91 Å². The van der Waals surface area contributed by atoms with Crippen molar-refractivity contribution in [1.29, 1.82) is 0 Å². The van der Waals surface area contributed by atoms with E-state index >= 15 is 0 Å². The Hall–Kier alpha value is -1.99. The number of nitrogens with zero attached hydrogens (tertiary/aromatic N) is 3. The number of morpholine rings is 1. The van der Waals surface area contributed by atoms with Gasteiger partial charge in [0.1, 0.15) is 18.1 Å². The summed E-state index contributed by atoms with van der Waals surface area (Å²) in [5.74, 6) is 0.673. The van der Waals surface area contributed by atoms with Crippen LogP contribution in [0.4, 0.5) is 0 Å². The molecule has 0 spiro atoms. The highest BCUT2D eigenvalue weighted by atomic mass is 32.1. The monoisotopic (exact) mass is 319 g/mol. The predicted molar refractivity (Wildman–Crippen MR) is 82.1 cm³/mol. The minimum atomic E-state index is 0.0141. The first-order chi connectivity index (χ1) is 10.7. The zero-order chi connectivity index (χ0) is 15.4. The van der Waals surface area contributed by atoms with Crippen LogP contribution in [0, 0.1) is 6.92 Å². The molecule has 2 aromatic rings. The maximum absolute atomic E-state index is 12.4. The number of rotatable bonds is 4. The highest BCUT2D eigenvalue weighted by molar-refractivity contribution is 6.99. The summed E-state index contributed by atoms with van der Waals surface area (Å²) in [6.07, 6.45) is 0. The molecular formula is C15H17N3O3S. The predicted octanol–water partition coefficient (Wildman–Crippen LogP) is 1.90. The van der Waals surface area contributed by atoms with Crippen LogP contribution in [-0.2, 0) is 11.3 Å². The average molecular weight is 319 g/mol. The standard InChI is InChI=1S/C15H17N3O3S/c1-11-14(17-22-16-11)10-21-13-4-2-3-12(9-13)15(19)18-5-7-20-8-6-18/h2-4,9H,5-8,10H2,1H3. The first-order valence-electron chi connectivity index (χ1n) is 7.12. The summed E-state index contributed by atoms with van der Waals surface area (Å²) in [7, 11) is 0. The number of aryl methyl sites for hydroxylation is 1. The molecule has 6 nitrogen and oxygen atoms in total. The van der Waals surface area contributed by atoms with Crippen LogP contribution in [0.5, 0.6) is 5.75 Å². The molecule has 1 amide bonds. The molecule has 0 unspecified atom stereocenters. The number of ether oxygens (including phenoxy) is 2. The molecule has 1 aromatic carbocycles. The van der Waals surface area contributed by atoms with E-state index < -0.39 is 0 Å². The average Bonchev–Trinajstić information content (AvgIpc) is 2.98. The van der Waals surface area contributed by atoms with Gasteiger partial charge in [-0.2, -0.15) is 8.75 Å². The van der Waals surface area contributed by atoms with Gasteiger partial charge in [-0.05, 0) is 25.1 Å². The van der Waals surface area contributed by atoms with Crippen LogP contribution in [0.15, 0.2) is 24.3 Å². The lowest BCUT2D eigenvalue weighted by atomic mass is 10.2. The Morgan fingerprint density at radius 2 is 2.18 bits per heavy atom. The maximum atomic E-state index is 12.4. The Balaban J connectivity index is 1.66. The molecule has 1 aliphatic rings. The molecule has 0 atom stereocenters. The van der Waals surface area contributed by atoms with Gasteiger partial charge >= 0.3 is 0 Å². The summed E-state index contributed by atoms with van der Waals surface area (Å²) in [5, 5.41) is 0. The van der Waals surface area contributed by atoms with E-state index in [2.05, 4.69) is 8.75 Å². The molecule has 2 heterocycles. The highest BCUT2D eigenvalue weighted by Crippen LogP contribution is 2.17. The molecule has 0 N–H and O–H groups in total. The van der Waals surface area contributed by atoms with E-state index in [9.17, 15) is 4.79 Å². The lowest BCUT2D eigenvalue weighted by Gasteiger charge is -2.26. The van der Waals surface area contributed by atoms with Crippen LogP contribution in [0.3, 0.4) is 0 Å². The Labute approximate surface area is 133 Å². The number of amides is 1. The number of benzene rings is 1. The molecule has 0 aliphatic carbocycles. The summed E-state index contributed by atoms with van der Waals surface area (Å²) in [6, 6.07) is 7.24. The summed E-state index contributed by atoms with van der Waals surface area (Å²) in [5.41, 5.74) is 2.34. The Kier molecular flexibility index (Phi) is 4.65. The van der Waals surface area contributed by atoms with Crippen molar-refractivity contribution >= 4 is 17.6 Å². The second kappa shape index (κ2) is 6.85. The largest absolute Gasteiger partial charge is 0.487 e. The van der Waals surface area contributed by atoms with Crippen molar-refractivity contribution in [2.24, 2.45) is 0 Å². The molecule has 1 aromatic heterocycles. The number of hydrogen-bond acceptors (Lipinski definition) is 6. The van der Waals surface area contributed by atoms with Crippen molar-refractivity contribution in [2.45, 2.75) is 13.5 Å². The van der Waals surface area contributed by atoms with Crippen molar-refractivity contribution in [3.8, 4) is 5.75 Å². The number of carbonyl (C=O) groups excluding carboxylic acids is 1. The fraction of sp³-hybridized carbons (Fsp3) is 0.400. The van der Waals surface area contributed by atoms with E-state index in [0.717, 1.165) is 11.4 Å². The zero-order valence-electron chi connectivity index (χ0n) is 12.3. The molecule has 22 heavy (non-hydrogen) atoms. The first kappa shape index (κ1) is 14.9. The second-order valence-electron chi connectivity index (χ2n) is 5.02. The van der Waals surface area contributed by atoms with E-state index in [4.69, 9.17) is 9.47 Å². The third-order valence-corrected chi connectivity index (χ3v) is 4.16. The fourth-order valence-electron chi connectivity index (χ4n) is 2.20. The van der Waals surface area contributed by atoms with E-state index in [-0.39, 0.29) is 5.91 Å². The minimum Gasteiger partial charge on any atom is -0.487 e. The van der Waals surface area contributed by atoms with Gasteiger partial charge in [-0.1, -0.05) is 6.07 Å². The van der Waals surface area contributed by atoms with Gasteiger partial charge in [-0.15, -0.1) is 0 Å². The lowest BCUT2D eigenvalue weighted by molar-refractivity contribution is 0.0302. The van der Waals surface area contributed by atoms with Crippen LogP contribution in [-0.4, -0.2) is 45.9 Å². The maximum Gasteiger partial charge on any atom is 0.254 e. The van der Waals surface area contributed by atoms with Crippen LogP contribution < -0.4 is 4.74 Å². The summed E-state index contributed by atoms with van der Waals surface area (Å²) in [6.45, 7) is 4.72. The molecule has 1 fully saturated rings. The van der Waals surface area contributed by atoms with Gasteiger partial charge in [0.15, 0.2) is 0 Å². The van der Waals surface area contributed by atoms with Crippen molar-refractivity contribution in [2.75, 3.05) is 26.3 Å². The quantitative estimate of drug-likeness (QED) is 0.861. The number of aromatic nitrogens is 2. The Bertz CT molecular complexity index is 653. The Morgan fingerprint density at radius 3 is 2.91 bits per heavy atom. The summed E-state index contributed by atoms with van der Waals surface area (Å²) in [4.78, 5) is 14.2.